The van der Waals surface area contributed by atoms with E-state index in [1.54, 1.807) is 7.05 Å². The summed E-state index contributed by atoms with van der Waals surface area (Å²) < 4.78 is 11.1. The molecule has 8 nitrogen and oxygen atoms in total. The summed E-state index contributed by atoms with van der Waals surface area (Å²) in [4.78, 5) is 28.1. The molecule has 1 aliphatic carbocycles. The molecule has 148 valence electrons. The molecule has 0 spiro atoms. The summed E-state index contributed by atoms with van der Waals surface area (Å²) in [7, 11) is 1.69. The second-order valence-electron chi connectivity index (χ2n) is 7.85. The molecule has 3 heterocycles. The first kappa shape index (κ1) is 18.6. The maximum absolute atomic E-state index is 12.6. The number of anilines is 1. The summed E-state index contributed by atoms with van der Waals surface area (Å²) in [5.74, 6) is 0.358. The van der Waals surface area contributed by atoms with E-state index in [-0.39, 0.29) is 6.03 Å². The Kier molecular flexibility index (Phi) is 5.32. The summed E-state index contributed by atoms with van der Waals surface area (Å²) in [5.41, 5.74) is 0. The number of amides is 2. The van der Waals surface area contributed by atoms with Gasteiger partial charge in [-0.15, -0.1) is 10.2 Å². The number of carbonyl (C=O) groups excluding carboxylic acids is 2. The number of esters is 1. The fourth-order valence-electron chi connectivity index (χ4n) is 3.99. The molecule has 4 rings (SSSR count). The van der Waals surface area contributed by atoms with E-state index >= 15 is 0 Å². The van der Waals surface area contributed by atoms with Gasteiger partial charge >= 0.3 is 12.0 Å². The molecule has 1 aromatic heterocycles. The Morgan fingerprint density at radius 2 is 2.04 bits per heavy atom. The van der Waals surface area contributed by atoms with Crippen LogP contribution < -0.4 is 4.90 Å². The molecule has 3 atom stereocenters. The highest BCUT2D eigenvalue weighted by molar-refractivity contribution is 7.15. The average molecular weight is 394 g/mol. The first-order valence-electron chi connectivity index (χ1n) is 9.72. The summed E-state index contributed by atoms with van der Waals surface area (Å²) in [6.45, 7) is 2.92. The summed E-state index contributed by atoms with van der Waals surface area (Å²) in [5, 5.41) is 10.1. The van der Waals surface area contributed by atoms with E-state index in [0.29, 0.717) is 36.5 Å². The number of carbonyl (C=O) groups is 2. The number of likely N-dealkylation sites (N-methyl/N-ethyl adjacent to an activating group) is 1. The molecule has 0 N–H and O–H groups in total. The fraction of sp³-hybridized carbons (Fsp3) is 0.778. The van der Waals surface area contributed by atoms with Crippen molar-refractivity contribution in [3.63, 3.8) is 0 Å². The van der Waals surface area contributed by atoms with Gasteiger partial charge in [-0.25, -0.2) is 14.5 Å². The third-order valence-corrected chi connectivity index (χ3v) is 6.64. The molecule has 2 amide bonds. The zero-order valence-corrected chi connectivity index (χ0v) is 16.6. The van der Waals surface area contributed by atoms with Gasteiger partial charge in [-0.2, -0.15) is 0 Å². The van der Waals surface area contributed by atoms with Crippen molar-refractivity contribution in [2.24, 2.45) is 5.92 Å². The van der Waals surface area contributed by atoms with Gasteiger partial charge in [0, 0.05) is 13.0 Å². The van der Waals surface area contributed by atoms with Crippen molar-refractivity contribution in [2.75, 3.05) is 25.1 Å². The van der Waals surface area contributed by atoms with Gasteiger partial charge in [0.1, 0.15) is 5.01 Å². The highest BCUT2D eigenvalue weighted by Gasteiger charge is 2.43. The molecule has 2 aliphatic heterocycles. The maximum Gasteiger partial charge on any atom is 0.337 e. The number of aromatic nitrogens is 2. The molecular weight excluding hydrogens is 368 g/mol. The highest BCUT2D eigenvalue weighted by atomic mass is 32.1. The molecule has 9 heteroatoms. The first-order chi connectivity index (χ1) is 13.0. The third-order valence-electron chi connectivity index (χ3n) is 5.55. The number of urea groups is 1. The van der Waals surface area contributed by atoms with Gasteiger partial charge in [-0.3, -0.25) is 0 Å². The molecule has 1 saturated carbocycles. The lowest BCUT2D eigenvalue weighted by Crippen LogP contribution is -2.39. The van der Waals surface area contributed by atoms with Gasteiger partial charge in [-0.1, -0.05) is 37.5 Å². The monoisotopic (exact) mass is 394 g/mol. The molecule has 1 aromatic rings. The van der Waals surface area contributed by atoms with Crippen molar-refractivity contribution >= 4 is 28.5 Å². The summed E-state index contributed by atoms with van der Waals surface area (Å²) in [6.07, 6.45) is 5.36. The SMILES string of the molecule is CC1COC(C(=O)OC2CN(C)C(=O)N2c2nnc(C3CCCCC3)s2)C1. The molecule has 2 saturated heterocycles. The van der Waals surface area contributed by atoms with Crippen molar-refractivity contribution in [1.82, 2.24) is 15.1 Å². The van der Waals surface area contributed by atoms with Crippen LogP contribution in [0, 0.1) is 5.92 Å². The number of rotatable bonds is 4. The van der Waals surface area contributed by atoms with Gasteiger partial charge in [0.2, 0.25) is 11.4 Å². The van der Waals surface area contributed by atoms with Crippen LogP contribution in [0.15, 0.2) is 0 Å². The zero-order valence-electron chi connectivity index (χ0n) is 15.8. The van der Waals surface area contributed by atoms with Gasteiger partial charge in [0.15, 0.2) is 6.10 Å². The van der Waals surface area contributed by atoms with E-state index in [0.717, 1.165) is 17.8 Å². The molecule has 3 fully saturated rings. The number of nitrogens with zero attached hydrogens (tertiary/aromatic N) is 4. The van der Waals surface area contributed by atoms with Crippen molar-refractivity contribution in [3.8, 4) is 0 Å². The molecule has 0 aromatic carbocycles. The van der Waals surface area contributed by atoms with Gasteiger partial charge in [-0.05, 0) is 25.2 Å². The normalized spacial score (nSPS) is 29.6. The van der Waals surface area contributed by atoms with Gasteiger partial charge in [0.25, 0.3) is 0 Å². The highest BCUT2D eigenvalue weighted by Crippen LogP contribution is 2.37. The number of hydrogen-bond donors (Lipinski definition) is 0. The average Bonchev–Trinajstić information content (AvgIpc) is 3.37. The topological polar surface area (TPSA) is 84.9 Å². The minimum absolute atomic E-state index is 0.222. The van der Waals surface area contributed by atoms with Gasteiger partial charge < -0.3 is 14.4 Å². The number of hydrogen-bond acceptors (Lipinski definition) is 7. The van der Waals surface area contributed by atoms with E-state index in [4.69, 9.17) is 9.47 Å². The van der Waals surface area contributed by atoms with E-state index in [1.165, 1.54) is 40.4 Å². The van der Waals surface area contributed by atoms with E-state index in [2.05, 4.69) is 10.2 Å². The Morgan fingerprint density at radius 1 is 1.26 bits per heavy atom. The maximum atomic E-state index is 12.6. The van der Waals surface area contributed by atoms with Crippen LogP contribution in [0.3, 0.4) is 0 Å². The molecule has 3 aliphatic rings. The van der Waals surface area contributed by atoms with E-state index in [9.17, 15) is 9.59 Å². The van der Waals surface area contributed by atoms with Crippen molar-refractivity contribution < 1.29 is 19.1 Å². The van der Waals surface area contributed by atoms with Crippen LogP contribution >= 0.6 is 11.3 Å². The first-order valence-corrected chi connectivity index (χ1v) is 10.5. The van der Waals surface area contributed by atoms with Crippen LogP contribution in [0.4, 0.5) is 9.93 Å². The van der Waals surface area contributed by atoms with Crippen LogP contribution in [-0.2, 0) is 14.3 Å². The van der Waals surface area contributed by atoms with Crippen LogP contribution in [-0.4, -0.2) is 59.6 Å². The quantitative estimate of drug-likeness (QED) is 0.730. The second-order valence-corrected chi connectivity index (χ2v) is 8.83. The van der Waals surface area contributed by atoms with Crippen LogP contribution in [0.2, 0.25) is 0 Å². The standard InChI is InChI=1S/C18H26N4O4S/c1-11-8-13(25-10-11)16(23)26-14-9-21(2)18(24)22(14)17-20-19-15(27-17)12-6-4-3-5-7-12/h11-14H,3-10H2,1-2H3. The lowest BCUT2D eigenvalue weighted by molar-refractivity contribution is -0.158. The Bertz CT molecular complexity index is 705. The third kappa shape index (κ3) is 3.80. The predicted molar refractivity (Wildman–Crippen MR) is 99.6 cm³/mol. The Labute approximate surface area is 162 Å². The van der Waals surface area contributed by atoms with Crippen molar-refractivity contribution in [3.05, 3.63) is 5.01 Å². The molecule has 0 radical (unpaired) electrons. The molecule has 0 bridgehead atoms. The molecule has 27 heavy (non-hydrogen) atoms. The van der Waals surface area contributed by atoms with Crippen molar-refractivity contribution in [2.45, 2.75) is 63.7 Å². The number of ether oxygens (including phenoxy) is 2. The minimum Gasteiger partial charge on any atom is -0.437 e. The lowest BCUT2D eigenvalue weighted by Gasteiger charge is -2.21. The van der Waals surface area contributed by atoms with Crippen molar-refractivity contribution in [1.29, 1.82) is 0 Å². The fourth-order valence-corrected chi connectivity index (χ4v) is 5.04. The van der Waals surface area contributed by atoms with Crippen LogP contribution in [0.25, 0.3) is 0 Å². The smallest absolute Gasteiger partial charge is 0.337 e. The zero-order chi connectivity index (χ0) is 19.0. The second kappa shape index (κ2) is 7.71. The minimum atomic E-state index is -0.693. The van der Waals surface area contributed by atoms with Gasteiger partial charge in [0.05, 0.1) is 13.2 Å². The largest absolute Gasteiger partial charge is 0.437 e. The summed E-state index contributed by atoms with van der Waals surface area (Å²) in [6, 6.07) is -0.222. The predicted octanol–water partition coefficient (Wildman–Crippen LogP) is 2.75. The summed E-state index contributed by atoms with van der Waals surface area (Å²) >= 11 is 1.44. The Balaban J connectivity index is 1.48. The molecule has 3 unspecified atom stereocenters. The van der Waals surface area contributed by atoms with Crippen LogP contribution in [0.1, 0.15) is 56.4 Å². The molecular formula is C18H26N4O4S. The Morgan fingerprint density at radius 3 is 2.74 bits per heavy atom. The van der Waals surface area contributed by atoms with Crippen LogP contribution in [0.5, 0.6) is 0 Å². The van der Waals surface area contributed by atoms with E-state index in [1.807, 2.05) is 6.92 Å². The Hall–Kier alpha value is -1.74. The van der Waals surface area contributed by atoms with E-state index < -0.39 is 18.3 Å². The lowest BCUT2D eigenvalue weighted by atomic mass is 9.90.